The second kappa shape index (κ2) is 14.8. The van der Waals surface area contributed by atoms with Gasteiger partial charge in [0.2, 0.25) is 0 Å². The van der Waals surface area contributed by atoms with E-state index in [1.807, 2.05) is 0 Å². The maximum Gasteiger partial charge on any atom is 0.0462 e. The Balaban J connectivity index is 1.09. The Morgan fingerprint density at radius 3 is 1.44 bits per heavy atom. The van der Waals surface area contributed by atoms with Gasteiger partial charge >= 0.3 is 0 Å². The molecule has 0 unspecified atom stereocenters. The van der Waals surface area contributed by atoms with Gasteiger partial charge in [-0.05, 0) is 130 Å². The lowest BCUT2D eigenvalue weighted by molar-refractivity contribution is 1.28. The van der Waals surface area contributed by atoms with E-state index < -0.39 is 0 Å². The summed E-state index contributed by atoms with van der Waals surface area (Å²) in [6.45, 7) is 4.38. The summed E-state index contributed by atoms with van der Waals surface area (Å²) in [4.78, 5) is 2.34. The van der Waals surface area contributed by atoms with Crippen molar-refractivity contribution in [1.82, 2.24) is 0 Å². The predicted octanol–water partition coefficient (Wildman–Crippen LogP) is 14.3. The zero-order chi connectivity index (χ0) is 35.3. The van der Waals surface area contributed by atoms with Gasteiger partial charge in [0.15, 0.2) is 0 Å². The molecule has 7 aromatic carbocycles. The molecule has 0 aromatic heterocycles. The summed E-state index contributed by atoms with van der Waals surface area (Å²) in [5.74, 6) is 0. The second-order valence-electron chi connectivity index (χ2n) is 13.5. The number of nitrogens with zero attached hydrogens (tertiary/aromatic N) is 1. The topological polar surface area (TPSA) is 3.24 Å². The molecule has 1 nitrogen and oxygen atoms in total. The smallest absolute Gasteiger partial charge is 0.0462 e. The zero-order valence-electron chi connectivity index (χ0n) is 29.7. The lowest BCUT2D eigenvalue weighted by Crippen LogP contribution is -2.09. The summed E-state index contributed by atoms with van der Waals surface area (Å²) >= 11 is 0. The van der Waals surface area contributed by atoms with Crippen molar-refractivity contribution in [3.05, 3.63) is 217 Å². The Hall–Kier alpha value is -6.44. The summed E-state index contributed by atoms with van der Waals surface area (Å²) in [6.07, 6.45) is 11.9. The van der Waals surface area contributed by atoms with Gasteiger partial charge in [-0.3, -0.25) is 0 Å². The normalized spacial score (nSPS) is 12.3. The van der Waals surface area contributed by atoms with Crippen LogP contribution in [0.2, 0.25) is 0 Å². The van der Waals surface area contributed by atoms with Crippen LogP contribution >= 0.6 is 0 Å². The number of aryl methyl sites for hydroxylation is 2. The van der Waals surface area contributed by atoms with E-state index in [4.69, 9.17) is 0 Å². The van der Waals surface area contributed by atoms with Gasteiger partial charge in [0.1, 0.15) is 0 Å². The van der Waals surface area contributed by atoms with E-state index in [2.05, 4.69) is 219 Å². The molecule has 8 rings (SSSR count). The minimum Gasteiger partial charge on any atom is -0.311 e. The van der Waals surface area contributed by atoms with E-state index in [9.17, 15) is 0 Å². The van der Waals surface area contributed by atoms with E-state index >= 15 is 0 Å². The van der Waals surface area contributed by atoms with Crippen molar-refractivity contribution in [1.29, 1.82) is 0 Å². The molecule has 1 heteroatoms. The average Bonchev–Trinajstić information content (AvgIpc) is 3.50. The maximum atomic E-state index is 2.34. The summed E-state index contributed by atoms with van der Waals surface area (Å²) in [5.41, 5.74) is 18.2. The molecule has 0 atom stereocenters. The molecule has 0 radical (unpaired) electrons. The Kier molecular flexibility index (Phi) is 9.33. The van der Waals surface area contributed by atoms with Crippen LogP contribution in [0.15, 0.2) is 200 Å². The molecule has 0 spiro atoms. The van der Waals surface area contributed by atoms with Gasteiger partial charge in [0.25, 0.3) is 0 Å². The van der Waals surface area contributed by atoms with E-state index in [1.54, 1.807) is 0 Å². The first-order valence-electron chi connectivity index (χ1n) is 18.1. The zero-order valence-corrected chi connectivity index (χ0v) is 29.7. The molecule has 1 aliphatic rings. The SMILES string of the molecule is Cc1ccccc1-c1cc(-c2ccc(-c3ccc(N(c4ccc(C5=CC=CCC=C5)cc4)c4ccc(-c5ccccc5)cc4)cc3)cc2)ccc1C. The standard InChI is InChI=1S/C51H41N/c1-37-12-10-11-17-50(37)51-36-46(19-18-38(51)2)45-22-20-41(21-23-45)44-28-34-49(35-29-44)52(48-32-26-43(27-33-48)40-15-8-5-9-16-40)47-30-24-42(25-31-47)39-13-6-3-4-7-14-39/h3,5-36H,4H2,1-2H3. The number of benzene rings is 7. The van der Waals surface area contributed by atoms with Crippen molar-refractivity contribution >= 4 is 22.6 Å². The molecule has 250 valence electrons. The molecule has 1 aliphatic carbocycles. The number of allylic oxidation sites excluding steroid dienone is 6. The van der Waals surface area contributed by atoms with E-state index in [0.29, 0.717) is 0 Å². The molecule has 0 N–H and O–H groups in total. The summed E-state index contributed by atoms with van der Waals surface area (Å²) in [7, 11) is 0. The number of hydrogen-bond acceptors (Lipinski definition) is 1. The van der Waals surface area contributed by atoms with Gasteiger partial charge in [-0.15, -0.1) is 0 Å². The van der Waals surface area contributed by atoms with Crippen molar-refractivity contribution in [2.24, 2.45) is 0 Å². The van der Waals surface area contributed by atoms with Crippen LogP contribution in [-0.4, -0.2) is 0 Å². The molecule has 0 aliphatic heterocycles. The van der Waals surface area contributed by atoms with Crippen LogP contribution in [0.1, 0.15) is 23.1 Å². The highest BCUT2D eigenvalue weighted by Crippen LogP contribution is 2.38. The Morgan fingerprint density at radius 2 is 0.846 bits per heavy atom. The largest absolute Gasteiger partial charge is 0.311 e. The fourth-order valence-corrected chi connectivity index (χ4v) is 7.08. The predicted molar refractivity (Wildman–Crippen MR) is 223 cm³/mol. The van der Waals surface area contributed by atoms with Gasteiger partial charge in [0.05, 0.1) is 0 Å². The van der Waals surface area contributed by atoms with Crippen LogP contribution in [-0.2, 0) is 0 Å². The first kappa shape index (κ1) is 32.7. The second-order valence-corrected chi connectivity index (χ2v) is 13.5. The van der Waals surface area contributed by atoms with Crippen LogP contribution in [0.5, 0.6) is 0 Å². The quantitative estimate of drug-likeness (QED) is 0.156. The first-order valence-corrected chi connectivity index (χ1v) is 18.1. The van der Waals surface area contributed by atoms with Gasteiger partial charge < -0.3 is 4.90 Å². The van der Waals surface area contributed by atoms with Gasteiger partial charge in [-0.2, -0.15) is 0 Å². The molecule has 0 bridgehead atoms. The van der Waals surface area contributed by atoms with Crippen LogP contribution in [0.25, 0.3) is 50.1 Å². The van der Waals surface area contributed by atoms with Crippen molar-refractivity contribution in [3.8, 4) is 44.5 Å². The average molecular weight is 668 g/mol. The van der Waals surface area contributed by atoms with Crippen LogP contribution < -0.4 is 4.90 Å². The van der Waals surface area contributed by atoms with Gasteiger partial charge in [-0.1, -0.05) is 158 Å². The number of anilines is 3. The lowest BCUT2D eigenvalue weighted by Gasteiger charge is -2.26. The molecule has 0 saturated heterocycles. The van der Waals surface area contributed by atoms with Crippen molar-refractivity contribution in [3.63, 3.8) is 0 Å². The third kappa shape index (κ3) is 6.95. The van der Waals surface area contributed by atoms with Crippen molar-refractivity contribution < 1.29 is 0 Å². The molecule has 0 heterocycles. The molecule has 52 heavy (non-hydrogen) atoms. The van der Waals surface area contributed by atoms with Gasteiger partial charge in [0, 0.05) is 17.1 Å². The first-order chi connectivity index (χ1) is 25.6. The minimum absolute atomic E-state index is 0.965. The lowest BCUT2D eigenvalue weighted by atomic mass is 9.92. The highest BCUT2D eigenvalue weighted by atomic mass is 15.1. The number of rotatable bonds is 8. The van der Waals surface area contributed by atoms with E-state index in [-0.39, 0.29) is 0 Å². The fourth-order valence-electron chi connectivity index (χ4n) is 7.08. The Morgan fingerprint density at radius 1 is 0.385 bits per heavy atom. The fraction of sp³-hybridized carbons (Fsp3) is 0.0588. The molecular weight excluding hydrogens is 627 g/mol. The van der Waals surface area contributed by atoms with Gasteiger partial charge in [-0.25, -0.2) is 0 Å². The summed E-state index contributed by atoms with van der Waals surface area (Å²) in [6, 6.07) is 61.7. The summed E-state index contributed by atoms with van der Waals surface area (Å²) in [5, 5.41) is 0. The third-order valence-electron chi connectivity index (χ3n) is 10.0. The molecule has 7 aromatic rings. The van der Waals surface area contributed by atoms with Crippen molar-refractivity contribution in [2.45, 2.75) is 20.3 Å². The molecule has 0 amide bonds. The third-order valence-corrected chi connectivity index (χ3v) is 10.0. The Labute approximate surface area is 308 Å². The Bertz CT molecular complexity index is 2390. The monoisotopic (exact) mass is 667 g/mol. The van der Waals surface area contributed by atoms with Crippen LogP contribution in [0, 0.1) is 13.8 Å². The highest BCUT2D eigenvalue weighted by Gasteiger charge is 2.14. The van der Waals surface area contributed by atoms with E-state index in [0.717, 1.165) is 23.5 Å². The van der Waals surface area contributed by atoms with Crippen LogP contribution in [0.3, 0.4) is 0 Å². The van der Waals surface area contributed by atoms with E-state index in [1.165, 1.54) is 66.8 Å². The summed E-state index contributed by atoms with van der Waals surface area (Å²) < 4.78 is 0. The molecular formula is C51H41N. The van der Waals surface area contributed by atoms with Crippen molar-refractivity contribution in [2.75, 3.05) is 4.90 Å². The molecule has 0 fully saturated rings. The minimum atomic E-state index is 0.965. The van der Waals surface area contributed by atoms with Crippen LogP contribution in [0.4, 0.5) is 17.1 Å². The highest BCUT2D eigenvalue weighted by molar-refractivity contribution is 5.83. The number of hydrogen-bond donors (Lipinski definition) is 0. The maximum absolute atomic E-state index is 2.34. The molecule has 0 saturated carbocycles.